The lowest BCUT2D eigenvalue weighted by molar-refractivity contribution is -0.105. The van der Waals surface area contributed by atoms with Gasteiger partial charge in [-0.3, -0.25) is 4.79 Å². The van der Waals surface area contributed by atoms with E-state index in [4.69, 9.17) is 4.74 Å². The summed E-state index contributed by atoms with van der Waals surface area (Å²) in [7, 11) is 0. The molecule has 0 saturated heterocycles. The summed E-state index contributed by atoms with van der Waals surface area (Å²) in [5.41, 5.74) is 2.80. The van der Waals surface area contributed by atoms with Crippen LogP contribution in [0.1, 0.15) is 5.56 Å². The highest BCUT2D eigenvalue weighted by Gasteiger charge is 2.19. The second-order valence-electron chi connectivity index (χ2n) is 5.76. The van der Waals surface area contributed by atoms with E-state index in [1.165, 1.54) is 12.3 Å². The Bertz CT molecular complexity index is 990. The van der Waals surface area contributed by atoms with E-state index in [2.05, 4.69) is 20.6 Å². The van der Waals surface area contributed by atoms with Gasteiger partial charge in [0, 0.05) is 35.5 Å². The number of nitrogens with zero attached hydrogens (tertiary/aromatic N) is 2. The molecule has 0 spiro atoms. The van der Waals surface area contributed by atoms with Gasteiger partial charge in [0.2, 0.25) is 12.3 Å². The molecule has 1 amide bonds. The Morgan fingerprint density at radius 3 is 2.92 bits per heavy atom. The monoisotopic (exact) mass is 338 g/mol. The predicted octanol–water partition coefficient (Wildman–Crippen LogP) is 3.12. The normalized spacial score (nSPS) is 12.9. The van der Waals surface area contributed by atoms with Gasteiger partial charge in [0.1, 0.15) is 23.9 Å². The molecule has 3 heterocycles. The first-order chi connectivity index (χ1) is 12.2. The molecule has 3 aromatic rings. The largest absolute Gasteiger partial charge is 0.474 e. The minimum Gasteiger partial charge on any atom is -0.474 e. The Hall–Kier alpha value is -3.22. The van der Waals surface area contributed by atoms with Crippen molar-refractivity contribution in [1.82, 2.24) is 9.97 Å². The first-order valence-corrected chi connectivity index (χ1v) is 7.83. The smallest absolute Gasteiger partial charge is 0.237 e. The van der Waals surface area contributed by atoms with E-state index in [1.807, 2.05) is 6.92 Å². The molecular weight excluding hydrogens is 323 g/mol. The summed E-state index contributed by atoms with van der Waals surface area (Å²) in [6.45, 7) is 3.15. The Kier molecular flexibility index (Phi) is 3.68. The molecule has 126 valence electrons. The van der Waals surface area contributed by atoms with Crippen molar-refractivity contribution in [3.8, 4) is 17.0 Å². The van der Waals surface area contributed by atoms with Crippen LogP contribution >= 0.6 is 0 Å². The maximum Gasteiger partial charge on any atom is 0.237 e. The van der Waals surface area contributed by atoms with Gasteiger partial charge in [0.05, 0.1) is 0 Å². The molecule has 1 aliphatic heterocycles. The van der Waals surface area contributed by atoms with Gasteiger partial charge < -0.3 is 15.4 Å². The fourth-order valence-corrected chi connectivity index (χ4v) is 3.00. The van der Waals surface area contributed by atoms with Crippen LogP contribution in [-0.2, 0) is 4.79 Å². The Labute approximate surface area is 143 Å². The van der Waals surface area contributed by atoms with Crippen LogP contribution in [0.3, 0.4) is 0 Å². The number of ether oxygens (including phenoxy) is 1. The average molecular weight is 338 g/mol. The van der Waals surface area contributed by atoms with Gasteiger partial charge in [0.15, 0.2) is 0 Å². The summed E-state index contributed by atoms with van der Waals surface area (Å²) < 4.78 is 20.2. The molecule has 7 heteroatoms. The number of amides is 1. The molecule has 2 N–H and O–H groups in total. The van der Waals surface area contributed by atoms with Gasteiger partial charge in [0.25, 0.3) is 0 Å². The quantitative estimate of drug-likeness (QED) is 0.718. The molecule has 4 rings (SSSR count). The summed E-state index contributed by atoms with van der Waals surface area (Å²) in [6, 6.07) is 4.88. The van der Waals surface area contributed by atoms with Crippen molar-refractivity contribution < 1.29 is 13.9 Å². The number of halogens is 1. The van der Waals surface area contributed by atoms with E-state index < -0.39 is 0 Å². The van der Waals surface area contributed by atoms with Crippen molar-refractivity contribution in [3.63, 3.8) is 0 Å². The van der Waals surface area contributed by atoms with Gasteiger partial charge in [-0.05, 0) is 36.1 Å². The molecule has 1 aliphatic rings. The van der Waals surface area contributed by atoms with E-state index in [0.717, 1.165) is 16.6 Å². The number of carbonyl (C=O) groups is 1. The molecule has 1 aromatic carbocycles. The summed E-state index contributed by atoms with van der Waals surface area (Å²) in [5, 5.41) is 7.19. The number of hydrogen-bond acceptors (Lipinski definition) is 5. The van der Waals surface area contributed by atoms with Gasteiger partial charge in [-0.25, -0.2) is 14.4 Å². The van der Waals surface area contributed by atoms with Crippen molar-refractivity contribution in [3.05, 3.63) is 42.0 Å². The second-order valence-corrected chi connectivity index (χ2v) is 5.76. The zero-order chi connectivity index (χ0) is 17.4. The SMILES string of the molecule is Cc1c(-c2cc3cc(NC=O)ncc3cc2F)cnc2c1NCCO2. The maximum absolute atomic E-state index is 14.7. The summed E-state index contributed by atoms with van der Waals surface area (Å²) in [6.07, 6.45) is 3.71. The predicted molar refractivity (Wildman–Crippen MR) is 93.3 cm³/mol. The molecule has 0 aliphatic carbocycles. The van der Waals surface area contributed by atoms with E-state index >= 15 is 0 Å². The van der Waals surface area contributed by atoms with Crippen LogP contribution in [0.2, 0.25) is 0 Å². The Morgan fingerprint density at radius 1 is 1.20 bits per heavy atom. The number of rotatable bonds is 3. The van der Waals surface area contributed by atoms with Crippen LogP contribution in [0.15, 0.2) is 30.6 Å². The number of nitrogens with one attached hydrogen (secondary N) is 2. The number of carbonyl (C=O) groups excluding carboxylic acids is 1. The lowest BCUT2D eigenvalue weighted by atomic mass is 9.98. The van der Waals surface area contributed by atoms with Crippen molar-refractivity contribution in [2.45, 2.75) is 6.92 Å². The minimum absolute atomic E-state index is 0.355. The molecule has 25 heavy (non-hydrogen) atoms. The number of aromatic nitrogens is 2. The van der Waals surface area contributed by atoms with Crippen LogP contribution in [0, 0.1) is 12.7 Å². The molecule has 6 nitrogen and oxygen atoms in total. The molecule has 0 atom stereocenters. The number of pyridine rings is 2. The molecular formula is C18H15FN4O2. The van der Waals surface area contributed by atoms with Crippen molar-refractivity contribution in [1.29, 1.82) is 0 Å². The highest BCUT2D eigenvalue weighted by Crippen LogP contribution is 2.37. The van der Waals surface area contributed by atoms with Gasteiger partial charge in [-0.1, -0.05) is 0 Å². The number of hydrogen-bond donors (Lipinski definition) is 2. The lowest BCUT2D eigenvalue weighted by Crippen LogP contribution is -2.20. The molecule has 0 radical (unpaired) electrons. The van der Waals surface area contributed by atoms with Crippen molar-refractivity contribution >= 4 is 28.7 Å². The van der Waals surface area contributed by atoms with Gasteiger partial charge in [-0.2, -0.15) is 0 Å². The van der Waals surface area contributed by atoms with Crippen molar-refractivity contribution in [2.75, 3.05) is 23.8 Å². The third kappa shape index (κ3) is 2.63. The second kappa shape index (κ2) is 6.01. The first-order valence-electron chi connectivity index (χ1n) is 7.83. The molecule has 0 fully saturated rings. The molecule has 0 unspecified atom stereocenters. The number of anilines is 2. The molecule has 2 aromatic heterocycles. The third-order valence-corrected chi connectivity index (χ3v) is 4.25. The molecule has 0 bridgehead atoms. The van der Waals surface area contributed by atoms with E-state index in [-0.39, 0.29) is 5.82 Å². The minimum atomic E-state index is -0.355. The summed E-state index contributed by atoms with van der Waals surface area (Å²) >= 11 is 0. The fraction of sp³-hybridized carbons (Fsp3) is 0.167. The Balaban J connectivity index is 1.88. The van der Waals surface area contributed by atoms with Gasteiger partial charge >= 0.3 is 0 Å². The average Bonchev–Trinajstić information content (AvgIpc) is 2.63. The third-order valence-electron chi connectivity index (χ3n) is 4.25. The van der Waals surface area contributed by atoms with E-state index in [9.17, 15) is 9.18 Å². The highest BCUT2D eigenvalue weighted by atomic mass is 19.1. The van der Waals surface area contributed by atoms with Gasteiger partial charge in [-0.15, -0.1) is 0 Å². The van der Waals surface area contributed by atoms with Crippen LogP contribution in [-0.4, -0.2) is 29.5 Å². The van der Waals surface area contributed by atoms with Crippen LogP contribution in [0.25, 0.3) is 21.9 Å². The maximum atomic E-state index is 14.7. The summed E-state index contributed by atoms with van der Waals surface area (Å²) in [5.74, 6) is 0.595. The number of fused-ring (bicyclic) bond motifs is 2. The Morgan fingerprint density at radius 2 is 2.08 bits per heavy atom. The zero-order valence-electron chi connectivity index (χ0n) is 13.5. The van der Waals surface area contributed by atoms with E-state index in [0.29, 0.717) is 47.8 Å². The van der Waals surface area contributed by atoms with Crippen LogP contribution < -0.4 is 15.4 Å². The summed E-state index contributed by atoms with van der Waals surface area (Å²) in [4.78, 5) is 19.0. The topological polar surface area (TPSA) is 76.1 Å². The van der Waals surface area contributed by atoms with Crippen molar-refractivity contribution in [2.24, 2.45) is 0 Å². The first kappa shape index (κ1) is 15.3. The van der Waals surface area contributed by atoms with Crippen LogP contribution in [0.4, 0.5) is 15.9 Å². The molecule has 0 saturated carbocycles. The van der Waals surface area contributed by atoms with Crippen LogP contribution in [0.5, 0.6) is 5.88 Å². The zero-order valence-corrected chi connectivity index (χ0v) is 13.5. The fourth-order valence-electron chi connectivity index (χ4n) is 3.00. The highest BCUT2D eigenvalue weighted by molar-refractivity contribution is 5.91. The van der Waals surface area contributed by atoms with E-state index in [1.54, 1.807) is 18.3 Å². The number of benzene rings is 1. The lowest BCUT2D eigenvalue weighted by Gasteiger charge is -2.21. The standard InChI is InChI=1S/C18H15FN4O2/c1-10-14(8-22-18-17(10)20-2-3-25-18)13-4-11-6-16(23-9-24)21-7-12(11)5-15(13)19/h4-9,20H,2-3H2,1H3,(H,21,23,24).